The Bertz CT molecular complexity index is 1260. The van der Waals surface area contributed by atoms with Gasteiger partial charge in [0, 0.05) is 41.5 Å². The van der Waals surface area contributed by atoms with E-state index in [1.54, 1.807) is 23.3 Å². The van der Waals surface area contributed by atoms with Crippen LogP contribution in [0.1, 0.15) is 5.69 Å². The van der Waals surface area contributed by atoms with Crippen LogP contribution < -0.4 is 10.1 Å². The Hall–Kier alpha value is -3.08. The van der Waals surface area contributed by atoms with E-state index in [0.717, 1.165) is 32.2 Å². The highest BCUT2D eigenvalue weighted by molar-refractivity contribution is 7.23. The maximum absolute atomic E-state index is 12.6. The number of pyridine rings is 1. The summed E-state index contributed by atoms with van der Waals surface area (Å²) in [7, 11) is 1.62. The van der Waals surface area contributed by atoms with Crippen molar-refractivity contribution in [2.24, 2.45) is 0 Å². The van der Waals surface area contributed by atoms with Gasteiger partial charge in [0.1, 0.15) is 16.3 Å². The molecule has 32 heavy (non-hydrogen) atoms. The summed E-state index contributed by atoms with van der Waals surface area (Å²) < 4.78 is 11.8. The Kier molecular flexibility index (Phi) is 5.73. The second kappa shape index (κ2) is 8.81. The van der Waals surface area contributed by atoms with Crippen molar-refractivity contribution < 1.29 is 14.3 Å². The van der Waals surface area contributed by atoms with E-state index in [9.17, 15) is 4.79 Å². The van der Waals surface area contributed by atoms with Crippen molar-refractivity contribution in [3.05, 3.63) is 41.5 Å². The molecule has 1 aliphatic rings. The molecule has 8 nitrogen and oxygen atoms in total. The molecule has 4 aromatic rings. The van der Waals surface area contributed by atoms with Gasteiger partial charge in [-0.3, -0.25) is 10.3 Å². The summed E-state index contributed by atoms with van der Waals surface area (Å²) in [6.45, 7) is 4.20. The van der Waals surface area contributed by atoms with Crippen LogP contribution in [0.15, 0.2) is 35.8 Å². The van der Waals surface area contributed by atoms with E-state index in [-0.39, 0.29) is 6.03 Å². The quantitative estimate of drug-likeness (QED) is 0.469. The fraction of sp³-hybridized carbons (Fsp3) is 0.273. The number of hydrogen-bond acceptors (Lipinski definition) is 8. The number of morpholine rings is 1. The van der Waals surface area contributed by atoms with Crippen LogP contribution in [0, 0.1) is 6.92 Å². The number of hydrogen-bond donors (Lipinski definition) is 1. The predicted octanol–water partition coefficient (Wildman–Crippen LogP) is 4.66. The molecule has 1 aromatic carbocycles. The van der Waals surface area contributed by atoms with Crippen molar-refractivity contribution in [2.45, 2.75) is 6.92 Å². The number of rotatable bonds is 4. The molecule has 1 fully saturated rings. The van der Waals surface area contributed by atoms with Gasteiger partial charge in [-0.1, -0.05) is 11.3 Å². The molecule has 1 aliphatic heterocycles. The molecule has 0 atom stereocenters. The number of nitrogens with one attached hydrogen (secondary N) is 1. The van der Waals surface area contributed by atoms with Gasteiger partial charge in [0.05, 0.1) is 30.7 Å². The number of thiazole rings is 2. The van der Waals surface area contributed by atoms with Crippen LogP contribution in [0.5, 0.6) is 5.75 Å². The molecule has 4 heterocycles. The monoisotopic (exact) mass is 467 g/mol. The normalized spacial score (nSPS) is 14.0. The zero-order valence-electron chi connectivity index (χ0n) is 17.6. The minimum Gasteiger partial charge on any atom is -0.494 e. The van der Waals surface area contributed by atoms with E-state index < -0.39 is 0 Å². The summed E-state index contributed by atoms with van der Waals surface area (Å²) in [6, 6.07) is 7.71. The summed E-state index contributed by atoms with van der Waals surface area (Å²) in [4.78, 5) is 28.2. The minimum absolute atomic E-state index is 0.171. The Labute approximate surface area is 192 Å². The lowest BCUT2D eigenvalue weighted by Crippen LogP contribution is -2.43. The van der Waals surface area contributed by atoms with Crippen LogP contribution >= 0.6 is 22.7 Å². The van der Waals surface area contributed by atoms with Crippen molar-refractivity contribution in [1.82, 2.24) is 19.9 Å². The molecule has 1 saturated heterocycles. The third-order valence-corrected chi connectivity index (χ3v) is 7.07. The number of ether oxygens (including phenoxy) is 2. The zero-order valence-corrected chi connectivity index (χ0v) is 19.3. The molecule has 1 N–H and O–H groups in total. The highest BCUT2D eigenvalue weighted by Crippen LogP contribution is 2.40. The molecular weight excluding hydrogens is 446 g/mol. The fourth-order valence-corrected chi connectivity index (χ4v) is 5.27. The fourth-order valence-electron chi connectivity index (χ4n) is 3.46. The first-order valence-electron chi connectivity index (χ1n) is 10.1. The summed E-state index contributed by atoms with van der Waals surface area (Å²) in [6.07, 6.45) is 1.84. The first-order chi connectivity index (χ1) is 15.6. The number of anilines is 1. The lowest BCUT2D eigenvalue weighted by Gasteiger charge is -2.26. The Balaban J connectivity index is 1.48. The third kappa shape index (κ3) is 4.04. The van der Waals surface area contributed by atoms with Crippen LogP contribution in [0.4, 0.5) is 9.93 Å². The first-order valence-corrected chi connectivity index (χ1v) is 11.8. The van der Waals surface area contributed by atoms with Gasteiger partial charge in [-0.05, 0) is 31.2 Å². The van der Waals surface area contributed by atoms with Gasteiger partial charge >= 0.3 is 6.03 Å². The predicted molar refractivity (Wildman–Crippen MR) is 127 cm³/mol. The molecule has 0 bridgehead atoms. The molecule has 0 aliphatic carbocycles. The molecule has 3 aromatic heterocycles. The standard InChI is InChI=1S/C22H21N5O3S2/c1-13-3-4-14(11-23-13)20-24-16(12-31-20)15-5-6-17(29-2)18-19(15)32-21(25-18)26-22(28)27-7-9-30-10-8-27/h3-6,11-12H,7-10H2,1-2H3,(H,25,26,28). The van der Waals surface area contributed by atoms with E-state index in [1.807, 2.05) is 42.8 Å². The van der Waals surface area contributed by atoms with E-state index in [2.05, 4.69) is 15.3 Å². The summed E-state index contributed by atoms with van der Waals surface area (Å²) in [5, 5.41) is 6.39. The van der Waals surface area contributed by atoms with Crippen molar-refractivity contribution >= 4 is 44.1 Å². The van der Waals surface area contributed by atoms with Gasteiger partial charge in [0.15, 0.2) is 5.13 Å². The maximum Gasteiger partial charge on any atom is 0.323 e. The van der Waals surface area contributed by atoms with E-state index in [0.29, 0.717) is 42.7 Å². The molecule has 0 spiro atoms. The molecule has 5 rings (SSSR count). The average molecular weight is 468 g/mol. The lowest BCUT2D eigenvalue weighted by atomic mass is 10.1. The van der Waals surface area contributed by atoms with Gasteiger partial charge in [-0.25, -0.2) is 14.8 Å². The second-order valence-electron chi connectivity index (χ2n) is 7.27. The number of urea groups is 1. The molecule has 0 radical (unpaired) electrons. The highest BCUT2D eigenvalue weighted by Gasteiger charge is 2.21. The average Bonchev–Trinajstić information content (AvgIpc) is 3.47. The Morgan fingerprint density at radius 1 is 1.19 bits per heavy atom. The van der Waals surface area contributed by atoms with Gasteiger partial charge in [0.2, 0.25) is 0 Å². The number of methoxy groups -OCH3 is 1. The van der Waals surface area contributed by atoms with Crippen molar-refractivity contribution in [2.75, 3.05) is 38.7 Å². The first kappa shape index (κ1) is 20.8. The highest BCUT2D eigenvalue weighted by atomic mass is 32.1. The van der Waals surface area contributed by atoms with Gasteiger partial charge in [0.25, 0.3) is 0 Å². The largest absolute Gasteiger partial charge is 0.494 e. The smallest absolute Gasteiger partial charge is 0.323 e. The number of carbonyl (C=O) groups is 1. The van der Waals surface area contributed by atoms with Gasteiger partial charge in [-0.2, -0.15) is 0 Å². The SMILES string of the molecule is COc1ccc(-c2csc(-c3ccc(C)nc3)n2)c2sc(NC(=O)N3CCOCC3)nc12. The Morgan fingerprint density at radius 3 is 2.78 bits per heavy atom. The van der Waals surface area contributed by atoms with Crippen LogP contribution in [-0.4, -0.2) is 59.3 Å². The Morgan fingerprint density at radius 2 is 2.03 bits per heavy atom. The second-order valence-corrected chi connectivity index (χ2v) is 9.13. The maximum atomic E-state index is 12.6. The van der Waals surface area contributed by atoms with Gasteiger partial charge < -0.3 is 14.4 Å². The third-order valence-electron chi connectivity index (χ3n) is 5.18. The van der Waals surface area contributed by atoms with Crippen LogP contribution in [0.25, 0.3) is 32.0 Å². The zero-order chi connectivity index (χ0) is 22.1. The van der Waals surface area contributed by atoms with E-state index >= 15 is 0 Å². The molecular formula is C22H21N5O3S2. The summed E-state index contributed by atoms with van der Waals surface area (Å²) in [5.41, 5.74) is 4.47. The summed E-state index contributed by atoms with van der Waals surface area (Å²) >= 11 is 2.99. The molecule has 2 amide bonds. The molecule has 10 heteroatoms. The van der Waals surface area contributed by atoms with Crippen LogP contribution in [0.3, 0.4) is 0 Å². The number of aromatic nitrogens is 3. The topological polar surface area (TPSA) is 89.5 Å². The lowest BCUT2D eigenvalue weighted by molar-refractivity contribution is 0.0564. The van der Waals surface area contributed by atoms with Crippen molar-refractivity contribution in [1.29, 1.82) is 0 Å². The van der Waals surface area contributed by atoms with Crippen LogP contribution in [-0.2, 0) is 4.74 Å². The number of amides is 2. The number of nitrogens with zero attached hydrogens (tertiary/aromatic N) is 4. The van der Waals surface area contributed by atoms with Gasteiger partial charge in [-0.15, -0.1) is 11.3 Å². The minimum atomic E-state index is -0.171. The van der Waals surface area contributed by atoms with Crippen molar-refractivity contribution in [3.8, 4) is 27.6 Å². The number of fused-ring (bicyclic) bond motifs is 1. The van der Waals surface area contributed by atoms with E-state index in [1.165, 1.54) is 11.3 Å². The van der Waals surface area contributed by atoms with Crippen molar-refractivity contribution in [3.63, 3.8) is 0 Å². The molecule has 0 saturated carbocycles. The van der Waals surface area contributed by atoms with Crippen LogP contribution in [0.2, 0.25) is 0 Å². The van der Waals surface area contributed by atoms with E-state index in [4.69, 9.17) is 14.5 Å². The number of aryl methyl sites for hydroxylation is 1. The number of carbonyl (C=O) groups excluding carboxylic acids is 1. The molecule has 164 valence electrons. The summed E-state index contributed by atoms with van der Waals surface area (Å²) in [5.74, 6) is 0.657. The molecule has 0 unspecified atom stereocenters. The number of benzene rings is 1.